The quantitative estimate of drug-likeness (QED) is 0.146. The molecule has 1 N–H and O–H groups in total. The second kappa shape index (κ2) is 16.4. The number of carbonyl (C=O) groups excluding carboxylic acids is 2. The largest absolute Gasteiger partial charge is 0.486 e. The molecule has 1 aliphatic heterocycles. The summed E-state index contributed by atoms with van der Waals surface area (Å²) >= 11 is 12.5. The van der Waals surface area contributed by atoms with Crippen LogP contribution in [0.15, 0.2) is 95.9 Å². The van der Waals surface area contributed by atoms with Crippen LogP contribution in [0.2, 0.25) is 10.0 Å². The molecule has 13 heteroatoms. The maximum Gasteiger partial charge on any atom is 0.264 e. The molecule has 0 spiro atoms. The number of anilines is 1. The van der Waals surface area contributed by atoms with Gasteiger partial charge in [0.25, 0.3) is 10.0 Å². The van der Waals surface area contributed by atoms with E-state index in [1.165, 1.54) is 35.2 Å². The van der Waals surface area contributed by atoms with Gasteiger partial charge in [0.1, 0.15) is 31.6 Å². The predicted molar refractivity (Wildman–Crippen MR) is 187 cm³/mol. The van der Waals surface area contributed by atoms with Gasteiger partial charge in [-0.25, -0.2) is 12.8 Å². The maximum absolute atomic E-state index is 14.6. The Labute approximate surface area is 295 Å². The first-order valence-corrected chi connectivity index (χ1v) is 18.0. The number of benzene rings is 4. The fourth-order valence-electron chi connectivity index (χ4n) is 5.34. The number of nitrogens with one attached hydrogen (secondary N) is 1. The number of hydrogen-bond donors (Lipinski definition) is 1. The van der Waals surface area contributed by atoms with Crippen LogP contribution in [0.1, 0.15) is 30.9 Å². The molecule has 1 aliphatic rings. The minimum absolute atomic E-state index is 0.0473. The molecule has 0 radical (unpaired) electrons. The highest BCUT2D eigenvalue weighted by molar-refractivity contribution is 7.92. The lowest BCUT2D eigenvalue weighted by atomic mass is 10.0. The van der Waals surface area contributed by atoms with Crippen LogP contribution in [0, 0.1) is 5.82 Å². The first kappa shape index (κ1) is 36.0. The number of nitrogens with zero attached hydrogens (tertiary/aromatic N) is 2. The molecule has 1 heterocycles. The van der Waals surface area contributed by atoms with Gasteiger partial charge < -0.3 is 19.7 Å². The second-order valence-corrected chi connectivity index (χ2v) is 14.1. The van der Waals surface area contributed by atoms with E-state index in [1.807, 2.05) is 37.3 Å². The smallest absolute Gasteiger partial charge is 0.264 e. The van der Waals surface area contributed by atoms with Crippen molar-refractivity contribution >= 4 is 50.7 Å². The minimum Gasteiger partial charge on any atom is -0.486 e. The summed E-state index contributed by atoms with van der Waals surface area (Å²) < 4.78 is 54.8. The minimum atomic E-state index is -4.45. The maximum atomic E-state index is 14.6. The summed E-state index contributed by atoms with van der Waals surface area (Å²) in [4.78, 5) is 29.7. The lowest BCUT2D eigenvalue weighted by Crippen LogP contribution is -2.53. The van der Waals surface area contributed by atoms with Gasteiger partial charge in [-0.05, 0) is 66.1 Å². The first-order chi connectivity index (χ1) is 23.6. The van der Waals surface area contributed by atoms with Crippen molar-refractivity contribution in [3.8, 4) is 11.5 Å². The summed E-state index contributed by atoms with van der Waals surface area (Å²) in [5.41, 5.74) is 1.42. The molecule has 0 aliphatic carbocycles. The molecule has 1 atom stereocenters. The van der Waals surface area contributed by atoms with Crippen molar-refractivity contribution in [2.75, 3.05) is 30.6 Å². The Morgan fingerprint density at radius 3 is 2.29 bits per heavy atom. The zero-order valence-electron chi connectivity index (χ0n) is 26.8. The molecule has 2 amide bonds. The van der Waals surface area contributed by atoms with E-state index < -0.39 is 40.2 Å². The third kappa shape index (κ3) is 9.03. The van der Waals surface area contributed by atoms with Crippen molar-refractivity contribution < 1.29 is 31.9 Å². The van der Waals surface area contributed by atoms with E-state index in [4.69, 9.17) is 32.7 Å². The zero-order valence-corrected chi connectivity index (χ0v) is 29.1. The highest BCUT2D eigenvalue weighted by atomic mass is 35.5. The summed E-state index contributed by atoms with van der Waals surface area (Å²) in [6, 6.07) is 22.0. The number of hydrogen-bond acceptors (Lipinski definition) is 6. The molecule has 258 valence electrons. The molecule has 5 rings (SSSR count). The van der Waals surface area contributed by atoms with Gasteiger partial charge in [0.2, 0.25) is 11.8 Å². The summed E-state index contributed by atoms with van der Waals surface area (Å²) in [5.74, 6) is -1.03. The molecule has 4 aromatic carbocycles. The van der Waals surface area contributed by atoms with Crippen LogP contribution in [0.5, 0.6) is 11.5 Å². The second-order valence-electron chi connectivity index (χ2n) is 11.4. The molecule has 0 unspecified atom stereocenters. The van der Waals surface area contributed by atoms with Crippen LogP contribution in [-0.4, -0.2) is 57.5 Å². The molecule has 9 nitrogen and oxygen atoms in total. The summed E-state index contributed by atoms with van der Waals surface area (Å²) in [6.45, 7) is 2.16. The Balaban J connectivity index is 1.57. The van der Waals surface area contributed by atoms with Gasteiger partial charge >= 0.3 is 0 Å². The van der Waals surface area contributed by atoms with Crippen molar-refractivity contribution in [1.82, 2.24) is 10.2 Å². The van der Waals surface area contributed by atoms with E-state index in [2.05, 4.69) is 5.32 Å². The molecule has 4 aromatic rings. The highest BCUT2D eigenvalue weighted by Gasteiger charge is 2.35. The van der Waals surface area contributed by atoms with Crippen LogP contribution in [-0.2, 0) is 32.6 Å². The fraction of sp³-hybridized carbons (Fsp3) is 0.278. The van der Waals surface area contributed by atoms with Crippen molar-refractivity contribution in [1.29, 1.82) is 0 Å². The molecular formula is C36H36Cl2FN3O6S. The molecule has 49 heavy (non-hydrogen) atoms. The molecule has 0 saturated heterocycles. The van der Waals surface area contributed by atoms with Gasteiger partial charge in [0.05, 0.1) is 20.6 Å². The Morgan fingerprint density at radius 1 is 0.878 bits per heavy atom. The van der Waals surface area contributed by atoms with E-state index >= 15 is 0 Å². The number of carbonyl (C=O) groups is 2. The third-order valence-corrected chi connectivity index (χ3v) is 10.4. The average molecular weight is 729 g/mol. The number of rotatable bonds is 14. The Morgan fingerprint density at radius 2 is 1.59 bits per heavy atom. The number of unbranched alkanes of at least 4 members (excludes halogenated alkanes) is 1. The Hall–Kier alpha value is -4.32. The third-order valence-electron chi connectivity index (χ3n) is 7.93. The topological polar surface area (TPSA) is 105 Å². The Bertz CT molecular complexity index is 1880. The molecular weight excluding hydrogens is 692 g/mol. The van der Waals surface area contributed by atoms with Crippen LogP contribution in [0.3, 0.4) is 0 Å². The number of amides is 2. The summed E-state index contributed by atoms with van der Waals surface area (Å²) in [7, 11) is -4.45. The number of sulfonamides is 1. The number of ether oxygens (including phenoxy) is 2. The average Bonchev–Trinajstić information content (AvgIpc) is 3.10. The number of fused-ring (bicyclic) bond motifs is 1. The lowest BCUT2D eigenvalue weighted by Gasteiger charge is -2.34. The van der Waals surface area contributed by atoms with Gasteiger partial charge in [-0.1, -0.05) is 72.9 Å². The van der Waals surface area contributed by atoms with Crippen LogP contribution in [0.4, 0.5) is 10.1 Å². The lowest BCUT2D eigenvalue weighted by molar-refractivity contribution is -0.140. The monoisotopic (exact) mass is 727 g/mol. The van der Waals surface area contributed by atoms with Crippen molar-refractivity contribution in [2.24, 2.45) is 0 Å². The van der Waals surface area contributed by atoms with Crippen LogP contribution in [0.25, 0.3) is 0 Å². The van der Waals surface area contributed by atoms with E-state index in [0.717, 1.165) is 34.8 Å². The molecule has 0 saturated carbocycles. The van der Waals surface area contributed by atoms with E-state index in [-0.39, 0.29) is 40.9 Å². The van der Waals surface area contributed by atoms with Gasteiger partial charge in [0.15, 0.2) is 11.5 Å². The SMILES string of the molecule is CCCCNC(=O)[C@@H](Cc1ccccc1)N(Cc1ccc(Cl)c(Cl)c1)C(=O)CN(c1ccc(F)cc1)S(=O)(=O)c1ccc2c(c1)OCCO2. The van der Waals surface area contributed by atoms with Gasteiger partial charge in [0, 0.05) is 25.6 Å². The van der Waals surface area contributed by atoms with E-state index in [1.54, 1.807) is 18.2 Å². The Kier molecular flexibility index (Phi) is 12.0. The zero-order chi connectivity index (χ0) is 35.0. The van der Waals surface area contributed by atoms with Gasteiger partial charge in [-0.15, -0.1) is 0 Å². The van der Waals surface area contributed by atoms with Crippen molar-refractivity contribution in [3.05, 3.63) is 118 Å². The standard InChI is InChI=1S/C36H36Cl2FN3O6S/c1-2-3-17-40-36(44)32(21-25-7-5-4-6-8-25)41(23-26-9-15-30(37)31(38)20-26)35(43)24-42(28-12-10-27(39)11-13-28)49(45,46)29-14-16-33-34(22-29)48-19-18-47-33/h4-16,20,22,32H,2-3,17-19,21,23-24H2,1H3,(H,40,44)/t32-/m1/s1. The van der Waals surface area contributed by atoms with Crippen molar-refractivity contribution in [3.63, 3.8) is 0 Å². The van der Waals surface area contributed by atoms with Crippen LogP contribution < -0.4 is 19.1 Å². The van der Waals surface area contributed by atoms with Gasteiger partial charge in [-0.2, -0.15) is 0 Å². The molecule has 0 fully saturated rings. The molecule has 0 aromatic heterocycles. The highest BCUT2D eigenvalue weighted by Crippen LogP contribution is 2.34. The number of halogens is 3. The summed E-state index contributed by atoms with van der Waals surface area (Å²) in [6.07, 6.45) is 1.73. The fourth-order valence-corrected chi connectivity index (χ4v) is 7.09. The predicted octanol–water partition coefficient (Wildman–Crippen LogP) is 6.66. The summed E-state index contributed by atoms with van der Waals surface area (Å²) in [5, 5.41) is 3.51. The normalized spacial score (nSPS) is 13.0. The molecule has 0 bridgehead atoms. The van der Waals surface area contributed by atoms with Gasteiger partial charge in [-0.3, -0.25) is 13.9 Å². The van der Waals surface area contributed by atoms with E-state index in [0.29, 0.717) is 29.5 Å². The van der Waals surface area contributed by atoms with E-state index in [9.17, 15) is 22.4 Å². The van der Waals surface area contributed by atoms with Crippen molar-refractivity contribution in [2.45, 2.75) is 43.7 Å². The first-order valence-electron chi connectivity index (χ1n) is 15.8. The van der Waals surface area contributed by atoms with Crippen LogP contribution >= 0.6 is 23.2 Å².